The van der Waals surface area contributed by atoms with Crippen molar-refractivity contribution >= 4 is 43.6 Å². The number of esters is 1. The van der Waals surface area contributed by atoms with E-state index in [-0.39, 0.29) is 5.97 Å². The first-order valence-electron chi connectivity index (χ1n) is 9.70. The summed E-state index contributed by atoms with van der Waals surface area (Å²) in [4.78, 5) is 15.2. The summed E-state index contributed by atoms with van der Waals surface area (Å²) in [6.45, 7) is 4.22. The fourth-order valence-electron chi connectivity index (χ4n) is 3.48. The summed E-state index contributed by atoms with van der Waals surface area (Å²) in [5.74, 6) is 0.473. The van der Waals surface area contributed by atoms with Crippen LogP contribution in [0.4, 0.5) is 0 Å². The Labute approximate surface area is 178 Å². The lowest BCUT2D eigenvalue weighted by molar-refractivity contribution is 0.0520. The van der Waals surface area contributed by atoms with Crippen molar-refractivity contribution in [3.63, 3.8) is 0 Å². The molecule has 29 heavy (non-hydrogen) atoms. The fraction of sp³-hybridized carbons (Fsp3) is 0.208. The number of carbonyl (C=O) groups is 1. The highest BCUT2D eigenvalue weighted by Crippen LogP contribution is 2.40. The van der Waals surface area contributed by atoms with Crippen molar-refractivity contribution in [1.29, 1.82) is 0 Å². The molecule has 148 valence electrons. The molecule has 0 amide bonds. The minimum absolute atomic E-state index is 0.346. The van der Waals surface area contributed by atoms with Crippen molar-refractivity contribution in [2.75, 3.05) is 6.61 Å². The normalized spacial score (nSPS) is 13.3. The average molecular weight is 452 g/mol. The predicted octanol–water partition coefficient (Wildman–Crippen LogP) is 6.53. The second-order valence-corrected chi connectivity index (χ2v) is 8.15. The third-order valence-electron chi connectivity index (χ3n) is 5.02. The quantitative estimate of drug-likeness (QED) is 0.267. The summed E-state index contributed by atoms with van der Waals surface area (Å²) >= 11 is 3.84. The van der Waals surface area contributed by atoms with E-state index >= 15 is 0 Å². The molecule has 4 nitrogen and oxygen atoms in total. The lowest BCUT2D eigenvalue weighted by Gasteiger charge is -2.29. The van der Waals surface area contributed by atoms with Crippen LogP contribution in [0.3, 0.4) is 0 Å². The Balaban J connectivity index is 1.72. The highest BCUT2D eigenvalue weighted by molar-refractivity contribution is 9.09. The number of aromatic amines is 1. The molecular weight excluding hydrogens is 430 g/mol. The predicted molar refractivity (Wildman–Crippen MR) is 120 cm³/mol. The molecule has 0 spiro atoms. The lowest BCUT2D eigenvalue weighted by atomic mass is 10.0. The van der Waals surface area contributed by atoms with Crippen LogP contribution in [0.2, 0.25) is 0 Å². The highest BCUT2D eigenvalue weighted by atomic mass is 79.9. The lowest BCUT2D eigenvalue weighted by Crippen LogP contribution is -2.25. The van der Waals surface area contributed by atoms with E-state index in [0.29, 0.717) is 12.3 Å². The standard InChI is InChI=1S/C24H22BrNO3/c1-3-24(25,29-22-11-7-9-16-8-5-6-10-19(16)22)18-12-13-20-17(14-18)15-21(26-20)23(27)28-4-2/h5-15,26H,3-4H2,1-2H3. The minimum atomic E-state index is -0.688. The Morgan fingerprint density at radius 3 is 2.59 bits per heavy atom. The molecule has 5 heteroatoms. The number of halogens is 1. The maximum atomic E-state index is 12.0. The van der Waals surface area contributed by atoms with Gasteiger partial charge in [0.1, 0.15) is 11.4 Å². The third kappa shape index (κ3) is 3.75. The first kappa shape index (κ1) is 19.5. The zero-order valence-corrected chi connectivity index (χ0v) is 18.0. The maximum Gasteiger partial charge on any atom is 0.354 e. The van der Waals surface area contributed by atoms with Crippen molar-refractivity contribution < 1.29 is 14.3 Å². The van der Waals surface area contributed by atoms with Crippen molar-refractivity contribution in [3.8, 4) is 5.75 Å². The molecule has 0 aliphatic heterocycles. The fourth-order valence-corrected chi connectivity index (χ4v) is 3.90. The zero-order chi connectivity index (χ0) is 20.4. The number of aromatic nitrogens is 1. The monoisotopic (exact) mass is 451 g/mol. The van der Waals surface area contributed by atoms with E-state index in [0.717, 1.165) is 39.4 Å². The molecule has 0 saturated carbocycles. The first-order valence-corrected chi connectivity index (χ1v) is 10.5. The van der Waals surface area contributed by atoms with E-state index in [9.17, 15) is 4.79 Å². The SMILES string of the molecule is CCOC(=O)c1cc2cc(C(Br)(CC)Oc3cccc4ccccc34)ccc2[nH]1. The Kier molecular flexibility index (Phi) is 5.33. The summed E-state index contributed by atoms with van der Waals surface area (Å²) in [7, 11) is 0. The minimum Gasteiger partial charge on any atom is -0.471 e. The number of hydrogen-bond acceptors (Lipinski definition) is 3. The van der Waals surface area contributed by atoms with E-state index < -0.39 is 4.51 Å². The van der Waals surface area contributed by atoms with Crippen LogP contribution in [0.5, 0.6) is 5.75 Å². The second-order valence-electron chi connectivity index (χ2n) is 6.87. The molecule has 1 N–H and O–H groups in total. The number of hydrogen-bond donors (Lipinski definition) is 1. The van der Waals surface area contributed by atoms with E-state index in [2.05, 4.69) is 46.0 Å². The van der Waals surface area contributed by atoms with Gasteiger partial charge in [0, 0.05) is 21.9 Å². The van der Waals surface area contributed by atoms with Crippen LogP contribution in [0.25, 0.3) is 21.7 Å². The van der Waals surface area contributed by atoms with Gasteiger partial charge in [-0.15, -0.1) is 0 Å². The van der Waals surface area contributed by atoms with Crippen LogP contribution in [-0.2, 0) is 9.25 Å². The maximum absolute atomic E-state index is 12.0. The number of rotatable bonds is 6. The van der Waals surface area contributed by atoms with Crippen LogP contribution < -0.4 is 4.74 Å². The number of nitrogens with one attached hydrogen (secondary N) is 1. The van der Waals surface area contributed by atoms with Gasteiger partial charge >= 0.3 is 5.97 Å². The number of H-pyrrole nitrogens is 1. The van der Waals surface area contributed by atoms with Crippen LogP contribution in [0.15, 0.2) is 66.7 Å². The van der Waals surface area contributed by atoms with E-state index in [1.165, 1.54) is 0 Å². The molecule has 4 aromatic rings. The summed E-state index contributed by atoms with van der Waals surface area (Å²) in [5.41, 5.74) is 2.31. The van der Waals surface area contributed by atoms with Gasteiger partial charge in [0.05, 0.1) is 6.61 Å². The number of benzene rings is 3. The molecule has 3 aromatic carbocycles. The van der Waals surface area contributed by atoms with Gasteiger partial charge in [-0.2, -0.15) is 0 Å². The van der Waals surface area contributed by atoms with Crippen molar-refractivity contribution in [2.45, 2.75) is 24.8 Å². The number of ether oxygens (including phenoxy) is 2. The number of fused-ring (bicyclic) bond motifs is 2. The van der Waals surface area contributed by atoms with Gasteiger partial charge in [-0.3, -0.25) is 0 Å². The molecule has 0 saturated heterocycles. The molecule has 0 bridgehead atoms. The molecule has 1 aromatic heterocycles. The zero-order valence-electron chi connectivity index (χ0n) is 16.4. The van der Waals surface area contributed by atoms with Gasteiger partial charge in [0.25, 0.3) is 0 Å². The van der Waals surface area contributed by atoms with Crippen molar-refractivity contribution in [3.05, 3.63) is 78.0 Å². The smallest absolute Gasteiger partial charge is 0.354 e. The molecule has 0 radical (unpaired) electrons. The molecule has 0 aliphatic rings. The van der Waals surface area contributed by atoms with Gasteiger partial charge in [0.15, 0.2) is 4.51 Å². The van der Waals surface area contributed by atoms with Gasteiger partial charge in [-0.1, -0.05) is 49.4 Å². The third-order valence-corrected chi connectivity index (χ3v) is 6.20. The van der Waals surface area contributed by atoms with Crippen LogP contribution in [0, 0.1) is 0 Å². The topological polar surface area (TPSA) is 51.3 Å². The summed E-state index contributed by atoms with van der Waals surface area (Å²) < 4.78 is 10.9. The molecule has 0 fully saturated rings. The number of alkyl halides is 1. The van der Waals surface area contributed by atoms with Gasteiger partial charge in [-0.05, 0) is 58.9 Å². The summed E-state index contributed by atoms with van der Waals surface area (Å²) in [6, 6.07) is 22.1. The molecule has 4 rings (SSSR count). The highest BCUT2D eigenvalue weighted by Gasteiger charge is 2.30. The van der Waals surface area contributed by atoms with Gasteiger partial charge in [-0.25, -0.2) is 4.79 Å². The average Bonchev–Trinajstić information content (AvgIpc) is 3.18. The Morgan fingerprint density at radius 1 is 1.00 bits per heavy atom. The van der Waals surface area contributed by atoms with Gasteiger partial charge in [0.2, 0.25) is 0 Å². The Bertz CT molecular complexity index is 1180. The van der Waals surface area contributed by atoms with Crippen molar-refractivity contribution in [2.24, 2.45) is 0 Å². The molecule has 1 atom stereocenters. The molecular formula is C24H22BrNO3. The van der Waals surface area contributed by atoms with Crippen LogP contribution >= 0.6 is 15.9 Å². The van der Waals surface area contributed by atoms with Crippen LogP contribution in [0.1, 0.15) is 36.3 Å². The summed E-state index contributed by atoms with van der Waals surface area (Å²) in [5, 5.41) is 3.14. The molecule has 1 unspecified atom stereocenters. The second kappa shape index (κ2) is 7.91. The Hall–Kier alpha value is -2.79. The largest absolute Gasteiger partial charge is 0.471 e. The van der Waals surface area contributed by atoms with E-state index in [1.807, 2.05) is 48.5 Å². The molecule has 1 heterocycles. The number of carbonyl (C=O) groups excluding carboxylic acids is 1. The summed E-state index contributed by atoms with van der Waals surface area (Å²) in [6.07, 6.45) is 0.719. The molecule has 0 aliphatic carbocycles. The Morgan fingerprint density at radius 2 is 1.79 bits per heavy atom. The van der Waals surface area contributed by atoms with Crippen molar-refractivity contribution in [1.82, 2.24) is 4.98 Å². The van der Waals surface area contributed by atoms with Crippen LogP contribution in [-0.4, -0.2) is 17.6 Å². The van der Waals surface area contributed by atoms with Gasteiger partial charge < -0.3 is 14.5 Å². The first-order chi connectivity index (χ1) is 14.0. The van der Waals surface area contributed by atoms with E-state index in [1.54, 1.807) is 6.92 Å². The van der Waals surface area contributed by atoms with E-state index in [4.69, 9.17) is 9.47 Å².